The smallest absolute Gasteiger partial charge is 0.252 e. The summed E-state index contributed by atoms with van der Waals surface area (Å²) in [6.45, 7) is 1.99. The van der Waals surface area contributed by atoms with Crippen molar-refractivity contribution in [2.24, 2.45) is 0 Å². The molecule has 0 aliphatic carbocycles. The summed E-state index contributed by atoms with van der Waals surface area (Å²) in [6.07, 6.45) is 2.05. The fourth-order valence-electron chi connectivity index (χ4n) is 3.38. The number of nitrogens with one attached hydrogen (secondary N) is 2. The van der Waals surface area contributed by atoms with Crippen molar-refractivity contribution < 1.29 is 4.79 Å². The van der Waals surface area contributed by atoms with E-state index < -0.39 is 0 Å². The minimum absolute atomic E-state index is 0.0969. The fourth-order valence-corrected chi connectivity index (χ4v) is 3.83. The molecule has 1 atom stereocenters. The number of amides is 1. The van der Waals surface area contributed by atoms with Gasteiger partial charge < -0.3 is 10.6 Å². The summed E-state index contributed by atoms with van der Waals surface area (Å²) in [7, 11) is 0. The first-order valence-electron chi connectivity index (χ1n) is 9.81. The summed E-state index contributed by atoms with van der Waals surface area (Å²) in [6, 6.07) is 27.5. The Bertz CT molecular complexity index is 1180. The molecule has 0 aliphatic heterocycles. The van der Waals surface area contributed by atoms with E-state index in [0.29, 0.717) is 11.4 Å². The third-order valence-corrected chi connectivity index (χ3v) is 5.68. The molecule has 1 amide bonds. The molecule has 1 aromatic heterocycles. The van der Waals surface area contributed by atoms with Crippen molar-refractivity contribution in [3.63, 3.8) is 0 Å². The molecule has 0 spiro atoms. The van der Waals surface area contributed by atoms with Crippen LogP contribution in [0, 0.1) is 0 Å². The molecule has 3 aromatic carbocycles. The zero-order valence-electron chi connectivity index (χ0n) is 16.9. The first-order chi connectivity index (χ1) is 14.6. The van der Waals surface area contributed by atoms with Gasteiger partial charge in [-0.3, -0.25) is 4.79 Å². The number of para-hydroxylation sites is 1. The zero-order chi connectivity index (χ0) is 20.9. The van der Waals surface area contributed by atoms with Crippen LogP contribution in [0.3, 0.4) is 0 Å². The van der Waals surface area contributed by atoms with Crippen molar-refractivity contribution in [1.82, 2.24) is 10.3 Å². The van der Waals surface area contributed by atoms with Gasteiger partial charge in [-0.2, -0.15) is 0 Å². The second-order valence-electron chi connectivity index (χ2n) is 7.03. The molecule has 4 rings (SSSR count). The number of hydrogen-bond acceptors (Lipinski definition) is 4. The van der Waals surface area contributed by atoms with Crippen LogP contribution >= 0.6 is 11.8 Å². The average molecular weight is 414 g/mol. The standard InChI is InChI=1S/C25H23N3OS/c1-17(18-9-4-3-5-10-18)26-25(29)22-16-24(28-23-14-7-6-13-21(22)23)27-19-11-8-12-20(15-19)30-2/h3-17H,1-2H3,(H,26,29)(H,27,28)/t17-/m0/s1. The second-order valence-corrected chi connectivity index (χ2v) is 7.91. The van der Waals surface area contributed by atoms with Crippen LogP contribution in [-0.4, -0.2) is 17.1 Å². The van der Waals surface area contributed by atoms with E-state index in [4.69, 9.17) is 4.98 Å². The molecule has 5 heteroatoms. The molecule has 0 unspecified atom stereocenters. The van der Waals surface area contributed by atoms with E-state index in [9.17, 15) is 4.79 Å². The van der Waals surface area contributed by atoms with Gasteiger partial charge in [0, 0.05) is 16.0 Å². The number of carbonyl (C=O) groups is 1. The molecule has 30 heavy (non-hydrogen) atoms. The summed E-state index contributed by atoms with van der Waals surface area (Å²) in [4.78, 5) is 19.0. The number of thioether (sulfide) groups is 1. The Morgan fingerprint density at radius 1 is 0.933 bits per heavy atom. The van der Waals surface area contributed by atoms with Crippen LogP contribution in [-0.2, 0) is 0 Å². The number of anilines is 2. The van der Waals surface area contributed by atoms with Gasteiger partial charge in [-0.05, 0) is 49.1 Å². The molecule has 0 aliphatic rings. The lowest BCUT2D eigenvalue weighted by atomic mass is 10.1. The van der Waals surface area contributed by atoms with Crippen molar-refractivity contribution in [3.8, 4) is 0 Å². The largest absolute Gasteiger partial charge is 0.345 e. The normalized spacial score (nSPS) is 11.8. The maximum Gasteiger partial charge on any atom is 0.252 e. The van der Waals surface area contributed by atoms with Crippen molar-refractivity contribution in [3.05, 3.63) is 96.1 Å². The van der Waals surface area contributed by atoms with Crippen LogP contribution in [0.1, 0.15) is 28.9 Å². The lowest BCUT2D eigenvalue weighted by Gasteiger charge is -2.16. The molecule has 0 radical (unpaired) electrons. The van der Waals surface area contributed by atoms with Gasteiger partial charge in [0.1, 0.15) is 5.82 Å². The lowest BCUT2D eigenvalue weighted by Crippen LogP contribution is -2.27. The monoisotopic (exact) mass is 413 g/mol. The van der Waals surface area contributed by atoms with E-state index in [1.54, 1.807) is 11.8 Å². The zero-order valence-corrected chi connectivity index (χ0v) is 17.7. The first kappa shape index (κ1) is 20.0. The molecule has 4 aromatic rings. The van der Waals surface area contributed by atoms with Crippen LogP contribution in [0.2, 0.25) is 0 Å². The molecule has 150 valence electrons. The number of nitrogens with zero attached hydrogens (tertiary/aromatic N) is 1. The second kappa shape index (κ2) is 9.01. The summed E-state index contributed by atoms with van der Waals surface area (Å²) in [5.74, 6) is 0.523. The van der Waals surface area contributed by atoms with E-state index in [1.165, 1.54) is 0 Å². The van der Waals surface area contributed by atoms with E-state index in [1.807, 2.05) is 86.0 Å². The highest BCUT2D eigenvalue weighted by Crippen LogP contribution is 2.26. The highest BCUT2D eigenvalue weighted by Gasteiger charge is 2.16. The minimum Gasteiger partial charge on any atom is -0.345 e. The molecule has 4 nitrogen and oxygen atoms in total. The molecule has 0 saturated carbocycles. The average Bonchev–Trinajstić information content (AvgIpc) is 2.79. The SMILES string of the molecule is CSc1cccc(Nc2cc(C(=O)N[C@@H](C)c3ccccc3)c3ccccc3n2)c1. The number of rotatable bonds is 6. The Morgan fingerprint density at radius 3 is 2.50 bits per heavy atom. The van der Waals surface area contributed by atoms with E-state index in [2.05, 4.69) is 22.8 Å². The fraction of sp³-hybridized carbons (Fsp3) is 0.120. The van der Waals surface area contributed by atoms with Crippen molar-refractivity contribution in [2.75, 3.05) is 11.6 Å². The number of benzene rings is 3. The third-order valence-electron chi connectivity index (χ3n) is 4.95. The van der Waals surface area contributed by atoms with E-state index in [-0.39, 0.29) is 11.9 Å². The van der Waals surface area contributed by atoms with E-state index >= 15 is 0 Å². The maximum absolute atomic E-state index is 13.2. The minimum atomic E-state index is -0.120. The quantitative estimate of drug-likeness (QED) is 0.370. The predicted octanol–water partition coefficient (Wildman–Crippen LogP) is 6.19. The van der Waals surface area contributed by atoms with Gasteiger partial charge >= 0.3 is 0 Å². The molecule has 0 fully saturated rings. The van der Waals surface area contributed by atoms with E-state index in [0.717, 1.165) is 27.0 Å². The number of pyridine rings is 1. The van der Waals surface area contributed by atoms with Crippen molar-refractivity contribution >= 4 is 40.1 Å². The summed E-state index contributed by atoms with van der Waals surface area (Å²) < 4.78 is 0. The van der Waals surface area contributed by atoms with Crippen LogP contribution in [0.5, 0.6) is 0 Å². The highest BCUT2D eigenvalue weighted by atomic mass is 32.2. The summed E-state index contributed by atoms with van der Waals surface area (Å²) in [5, 5.41) is 7.29. The van der Waals surface area contributed by atoms with Crippen molar-refractivity contribution in [2.45, 2.75) is 17.9 Å². The van der Waals surface area contributed by atoms with Gasteiger partial charge in [0.05, 0.1) is 17.1 Å². The number of fused-ring (bicyclic) bond motifs is 1. The van der Waals surface area contributed by atoms with Gasteiger partial charge in [-0.1, -0.05) is 54.6 Å². The first-order valence-corrected chi connectivity index (χ1v) is 11.0. The lowest BCUT2D eigenvalue weighted by molar-refractivity contribution is 0.0941. The molecule has 1 heterocycles. The molecule has 2 N–H and O–H groups in total. The van der Waals surface area contributed by atoms with Gasteiger partial charge in [0.15, 0.2) is 0 Å². The Hall–Kier alpha value is -3.31. The van der Waals surface area contributed by atoms with Crippen LogP contribution in [0.25, 0.3) is 10.9 Å². The highest BCUT2D eigenvalue weighted by molar-refractivity contribution is 7.98. The van der Waals surface area contributed by atoms with Gasteiger partial charge in [-0.15, -0.1) is 11.8 Å². The van der Waals surface area contributed by atoms with Crippen LogP contribution < -0.4 is 10.6 Å². The van der Waals surface area contributed by atoms with Crippen LogP contribution in [0.15, 0.2) is 89.8 Å². The molecule has 0 bridgehead atoms. The van der Waals surface area contributed by atoms with Crippen molar-refractivity contribution in [1.29, 1.82) is 0 Å². The summed E-state index contributed by atoms with van der Waals surface area (Å²) >= 11 is 1.68. The van der Waals surface area contributed by atoms with Gasteiger partial charge in [0.2, 0.25) is 0 Å². The Balaban J connectivity index is 1.67. The van der Waals surface area contributed by atoms with Crippen LogP contribution in [0.4, 0.5) is 11.5 Å². The van der Waals surface area contributed by atoms with Gasteiger partial charge in [0.25, 0.3) is 5.91 Å². The number of aromatic nitrogens is 1. The topological polar surface area (TPSA) is 54.0 Å². The summed E-state index contributed by atoms with van der Waals surface area (Å²) in [5.41, 5.74) is 3.39. The Kier molecular flexibility index (Phi) is 6.00. The Morgan fingerprint density at radius 2 is 1.70 bits per heavy atom. The maximum atomic E-state index is 13.2. The third kappa shape index (κ3) is 4.47. The van der Waals surface area contributed by atoms with Gasteiger partial charge in [-0.25, -0.2) is 4.98 Å². The molecule has 0 saturated heterocycles. The molecular formula is C25H23N3OS. The Labute approximate surface area is 180 Å². The molecular weight excluding hydrogens is 390 g/mol. The predicted molar refractivity (Wildman–Crippen MR) is 126 cm³/mol. The number of carbonyl (C=O) groups excluding carboxylic acids is 1. The number of hydrogen-bond donors (Lipinski definition) is 2.